The van der Waals surface area contributed by atoms with Gasteiger partial charge in [-0.1, -0.05) is 29.5 Å². The summed E-state index contributed by atoms with van der Waals surface area (Å²) in [4.78, 5) is 12.2. The summed E-state index contributed by atoms with van der Waals surface area (Å²) in [6.07, 6.45) is 5.07. The van der Waals surface area contributed by atoms with Gasteiger partial charge in [0.2, 0.25) is 5.89 Å². The molecule has 0 atom stereocenters. The van der Waals surface area contributed by atoms with Crippen molar-refractivity contribution >= 4 is 28.1 Å². The Bertz CT molecular complexity index is 1250. The van der Waals surface area contributed by atoms with Gasteiger partial charge in [0, 0.05) is 18.2 Å². The molecule has 1 saturated carbocycles. The van der Waals surface area contributed by atoms with E-state index >= 15 is 0 Å². The molecule has 35 heavy (non-hydrogen) atoms. The van der Waals surface area contributed by atoms with Crippen LogP contribution in [-0.4, -0.2) is 56.4 Å². The molecule has 3 aromatic heterocycles. The number of hydrogen-bond acceptors (Lipinski definition) is 10. The van der Waals surface area contributed by atoms with Crippen LogP contribution < -0.4 is 10.6 Å². The highest BCUT2D eigenvalue weighted by Gasteiger charge is 2.20. The van der Waals surface area contributed by atoms with Gasteiger partial charge in [0.1, 0.15) is 16.5 Å². The quantitative estimate of drug-likeness (QED) is 0.321. The summed E-state index contributed by atoms with van der Waals surface area (Å²) >= 11 is 1.43. The van der Waals surface area contributed by atoms with Crippen molar-refractivity contribution in [2.45, 2.75) is 44.4 Å². The van der Waals surface area contributed by atoms with Crippen LogP contribution in [0, 0.1) is 0 Å². The van der Waals surface area contributed by atoms with Gasteiger partial charge in [0.15, 0.2) is 5.13 Å². The maximum Gasteiger partial charge on any atom is 0.259 e. The number of nitrogens with one attached hydrogen (secondary N) is 2. The molecule has 1 fully saturated rings. The van der Waals surface area contributed by atoms with Gasteiger partial charge in [0.05, 0.1) is 12.3 Å². The average Bonchev–Trinajstić information content (AvgIpc) is 3.51. The molecule has 3 N–H and O–H groups in total. The number of benzene rings is 1. The van der Waals surface area contributed by atoms with Gasteiger partial charge < -0.3 is 25.1 Å². The zero-order valence-corrected chi connectivity index (χ0v) is 20.6. The highest BCUT2D eigenvalue weighted by atomic mass is 32.1. The Hall–Kier alpha value is -3.34. The molecule has 1 aliphatic carbocycles. The molecule has 10 heteroatoms. The van der Waals surface area contributed by atoms with E-state index in [1.54, 1.807) is 6.20 Å². The Balaban J connectivity index is 1.32. The maximum absolute atomic E-state index is 9.81. The average molecular weight is 492 g/mol. The third kappa shape index (κ3) is 6.02. The zero-order chi connectivity index (χ0) is 24.2. The van der Waals surface area contributed by atoms with Crippen molar-refractivity contribution in [2.24, 2.45) is 0 Å². The first kappa shape index (κ1) is 23.4. The number of nitrogens with zero attached hydrogens (tertiary/aromatic N) is 5. The second-order valence-electron chi connectivity index (χ2n) is 9.07. The molecule has 182 valence electrons. The lowest BCUT2D eigenvalue weighted by Crippen LogP contribution is -2.28. The van der Waals surface area contributed by atoms with E-state index in [4.69, 9.17) is 9.40 Å². The smallest absolute Gasteiger partial charge is 0.259 e. The van der Waals surface area contributed by atoms with E-state index in [1.165, 1.54) is 11.3 Å². The normalized spacial score (nSPS) is 18.1. The standard InChI is InChI=1S/C25H29N7O2S/c1-32(2)15-16-12-21(27-18-8-10-19(33)11-9-18)28-22(13-16)29-25-26-14-20(35-25)24-31-30-23(34-24)17-6-4-3-5-7-17/h3-7,12-14,18-19,33H,8-11,15H2,1-2H3,(H2,26,27,28,29). The SMILES string of the molecule is CN(C)Cc1cc(Nc2ncc(-c3nnc(-c4ccccc4)o3)s2)nc(NC2CCC(O)CC2)c1. The molecule has 9 nitrogen and oxygen atoms in total. The lowest BCUT2D eigenvalue weighted by atomic mass is 9.93. The van der Waals surface area contributed by atoms with Crippen LogP contribution >= 0.6 is 11.3 Å². The van der Waals surface area contributed by atoms with E-state index in [1.807, 2.05) is 50.5 Å². The Morgan fingerprint density at radius 2 is 1.77 bits per heavy atom. The number of anilines is 3. The highest BCUT2D eigenvalue weighted by molar-refractivity contribution is 7.18. The lowest BCUT2D eigenvalue weighted by molar-refractivity contribution is 0.126. The monoisotopic (exact) mass is 491 g/mol. The van der Waals surface area contributed by atoms with E-state index < -0.39 is 0 Å². The molecule has 3 heterocycles. The Kier molecular flexibility index (Phi) is 7.03. The highest BCUT2D eigenvalue weighted by Crippen LogP contribution is 2.32. The summed E-state index contributed by atoms with van der Waals surface area (Å²) in [5.74, 6) is 2.46. The number of pyridine rings is 1. The van der Waals surface area contributed by atoms with E-state index in [2.05, 4.69) is 36.8 Å². The number of aliphatic hydroxyl groups excluding tert-OH is 1. The minimum absolute atomic E-state index is 0.181. The predicted octanol–water partition coefficient (Wildman–Crippen LogP) is 4.78. The molecule has 0 radical (unpaired) electrons. The number of hydrogen-bond donors (Lipinski definition) is 3. The summed E-state index contributed by atoms with van der Waals surface area (Å²) in [6.45, 7) is 0.794. The fraction of sp³-hybridized carbons (Fsp3) is 0.360. The zero-order valence-electron chi connectivity index (χ0n) is 19.8. The molecular weight excluding hydrogens is 462 g/mol. The molecule has 5 rings (SSSR count). The van der Waals surface area contributed by atoms with Crippen molar-refractivity contribution < 1.29 is 9.52 Å². The van der Waals surface area contributed by atoms with Crippen molar-refractivity contribution in [1.82, 2.24) is 25.1 Å². The van der Waals surface area contributed by atoms with Gasteiger partial charge in [0.25, 0.3) is 5.89 Å². The van der Waals surface area contributed by atoms with E-state index in [-0.39, 0.29) is 6.10 Å². The molecular formula is C25H29N7O2S. The van der Waals surface area contributed by atoms with Gasteiger partial charge in [-0.25, -0.2) is 9.97 Å². The van der Waals surface area contributed by atoms with Crippen LogP contribution in [0.2, 0.25) is 0 Å². The third-order valence-electron chi connectivity index (χ3n) is 5.83. The van der Waals surface area contributed by atoms with Crippen molar-refractivity contribution in [3.05, 3.63) is 54.2 Å². The van der Waals surface area contributed by atoms with Crippen LogP contribution in [0.4, 0.5) is 16.8 Å². The van der Waals surface area contributed by atoms with E-state index in [0.29, 0.717) is 23.0 Å². The van der Waals surface area contributed by atoms with Crippen molar-refractivity contribution in [3.8, 4) is 22.2 Å². The van der Waals surface area contributed by atoms with Gasteiger partial charge in [-0.2, -0.15) is 0 Å². The number of aromatic nitrogens is 4. The van der Waals surface area contributed by atoms with Crippen molar-refractivity contribution in [1.29, 1.82) is 0 Å². The van der Waals surface area contributed by atoms with Crippen LogP contribution in [0.5, 0.6) is 0 Å². The molecule has 4 aromatic rings. The van der Waals surface area contributed by atoms with Crippen molar-refractivity contribution in [3.63, 3.8) is 0 Å². The Morgan fingerprint density at radius 1 is 1.03 bits per heavy atom. The summed E-state index contributed by atoms with van der Waals surface area (Å²) < 4.78 is 5.86. The lowest BCUT2D eigenvalue weighted by Gasteiger charge is -2.27. The second-order valence-corrected chi connectivity index (χ2v) is 10.1. The minimum Gasteiger partial charge on any atom is -0.415 e. The maximum atomic E-state index is 9.81. The number of rotatable bonds is 8. The van der Waals surface area contributed by atoms with E-state index in [9.17, 15) is 5.11 Å². The molecule has 0 spiro atoms. The predicted molar refractivity (Wildman–Crippen MR) is 138 cm³/mol. The first-order chi connectivity index (χ1) is 17.0. The molecule has 1 aromatic carbocycles. The van der Waals surface area contributed by atoms with Crippen LogP contribution in [0.25, 0.3) is 22.2 Å². The van der Waals surface area contributed by atoms with Crippen LogP contribution in [-0.2, 0) is 6.54 Å². The first-order valence-electron chi connectivity index (χ1n) is 11.7. The molecule has 0 unspecified atom stereocenters. The molecule has 0 bridgehead atoms. The van der Waals surface area contributed by atoms with Crippen LogP contribution in [0.1, 0.15) is 31.2 Å². The molecule has 0 aliphatic heterocycles. The summed E-state index contributed by atoms with van der Waals surface area (Å²) in [6, 6.07) is 14.1. The van der Waals surface area contributed by atoms with Gasteiger partial charge in [-0.15, -0.1) is 10.2 Å². The van der Waals surface area contributed by atoms with E-state index in [0.717, 1.165) is 59.9 Å². The summed E-state index contributed by atoms with van der Waals surface area (Å²) in [7, 11) is 4.09. The number of aliphatic hydroxyl groups is 1. The molecule has 0 amide bonds. The fourth-order valence-electron chi connectivity index (χ4n) is 4.17. The fourth-order valence-corrected chi connectivity index (χ4v) is 4.92. The van der Waals surface area contributed by atoms with Gasteiger partial charge in [-0.3, -0.25) is 0 Å². The second kappa shape index (κ2) is 10.5. The van der Waals surface area contributed by atoms with Crippen LogP contribution in [0.15, 0.2) is 53.1 Å². The number of thiazole rings is 1. The third-order valence-corrected chi connectivity index (χ3v) is 6.73. The Morgan fingerprint density at radius 3 is 2.54 bits per heavy atom. The minimum atomic E-state index is -0.181. The molecule has 1 aliphatic rings. The largest absolute Gasteiger partial charge is 0.415 e. The first-order valence-corrected chi connectivity index (χ1v) is 12.6. The summed E-state index contributed by atoms with van der Waals surface area (Å²) in [5, 5.41) is 25.8. The van der Waals surface area contributed by atoms with Gasteiger partial charge >= 0.3 is 0 Å². The van der Waals surface area contributed by atoms with Crippen molar-refractivity contribution in [2.75, 3.05) is 24.7 Å². The topological polar surface area (TPSA) is 112 Å². The van der Waals surface area contributed by atoms with Gasteiger partial charge in [-0.05, 0) is 69.6 Å². The molecule has 0 saturated heterocycles. The van der Waals surface area contributed by atoms with Crippen LogP contribution in [0.3, 0.4) is 0 Å². The summed E-state index contributed by atoms with van der Waals surface area (Å²) in [5.41, 5.74) is 2.02. The Labute approximate surface area is 208 Å².